The Morgan fingerprint density at radius 1 is 1.47 bits per heavy atom. The number of nitrogens with one attached hydrogen (secondary N) is 1. The molecule has 1 aliphatic rings. The number of hydrogen-bond donors (Lipinski definition) is 4. The third-order valence-corrected chi connectivity index (χ3v) is 3.21. The van der Waals surface area contributed by atoms with Crippen molar-refractivity contribution in [3.63, 3.8) is 0 Å². The number of carboxylic acids is 1. The van der Waals surface area contributed by atoms with E-state index in [0.29, 0.717) is 13.0 Å². The van der Waals surface area contributed by atoms with Crippen molar-refractivity contribution in [3.05, 3.63) is 0 Å². The van der Waals surface area contributed by atoms with Crippen molar-refractivity contribution in [2.75, 3.05) is 13.1 Å². The lowest BCUT2D eigenvalue weighted by atomic mass is 9.96. The van der Waals surface area contributed by atoms with Crippen LogP contribution in [0.2, 0.25) is 0 Å². The van der Waals surface area contributed by atoms with Crippen LogP contribution in [0, 0.1) is 5.92 Å². The molecule has 0 saturated carbocycles. The summed E-state index contributed by atoms with van der Waals surface area (Å²) in [5.41, 5.74) is 4.92. The lowest BCUT2D eigenvalue weighted by molar-refractivity contribution is -0.141. The highest BCUT2D eigenvalue weighted by Crippen LogP contribution is 2.16. The monoisotopic (exact) mass is 273 g/mol. The highest BCUT2D eigenvalue weighted by Gasteiger charge is 2.30. The summed E-state index contributed by atoms with van der Waals surface area (Å²) < 4.78 is 0. The fourth-order valence-electron chi connectivity index (χ4n) is 1.87. The molecule has 0 aromatic rings. The molecule has 1 rings (SSSR count). The van der Waals surface area contributed by atoms with E-state index in [0.717, 1.165) is 0 Å². The predicted octanol–water partition coefficient (Wildman–Crippen LogP) is -1.27. The fraction of sp³-hybridized carbons (Fsp3) is 0.727. The number of aliphatic hydroxyl groups is 1. The highest BCUT2D eigenvalue weighted by atomic mass is 16.4. The Balaban J connectivity index is 2.57. The Bertz CT molecular complexity index is 373. The number of piperidine rings is 1. The van der Waals surface area contributed by atoms with Gasteiger partial charge >= 0.3 is 12.0 Å². The second-order valence-corrected chi connectivity index (χ2v) is 4.79. The maximum Gasteiger partial charge on any atom is 0.326 e. The average molecular weight is 273 g/mol. The van der Waals surface area contributed by atoms with Crippen molar-refractivity contribution in [2.24, 2.45) is 11.7 Å². The highest BCUT2D eigenvalue weighted by molar-refractivity contribution is 5.87. The zero-order valence-corrected chi connectivity index (χ0v) is 10.7. The van der Waals surface area contributed by atoms with Gasteiger partial charge < -0.3 is 26.2 Å². The minimum absolute atomic E-state index is 0.102. The predicted molar refractivity (Wildman–Crippen MR) is 65.1 cm³/mol. The van der Waals surface area contributed by atoms with Crippen LogP contribution in [0.5, 0.6) is 0 Å². The number of primary amides is 1. The summed E-state index contributed by atoms with van der Waals surface area (Å²) >= 11 is 0. The molecule has 5 N–H and O–H groups in total. The van der Waals surface area contributed by atoms with Crippen molar-refractivity contribution >= 4 is 17.9 Å². The average Bonchev–Trinajstić information content (AvgIpc) is 2.31. The van der Waals surface area contributed by atoms with Gasteiger partial charge in [0.25, 0.3) is 0 Å². The van der Waals surface area contributed by atoms with E-state index < -0.39 is 36.5 Å². The van der Waals surface area contributed by atoms with Gasteiger partial charge in [-0.25, -0.2) is 9.59 Å². The molecular formula is C11H19N3O5. The van der Waals surface area contributed by atoms with Gasteiger partial charge in [0, 0.05) is 13.1 Å². The van der Waals surface area contributed by atoms with Gasteiger partial charge in [0.05, 0.1) is 12.5 Å². The molecule has 3 unspecified atom stereocenters. The van der Waals surface area contributed by atoms with Crippen molar-refractivity contribution in [1.82, 2.24) is 10.2 Å². The van der Waals surface area contributed by atoms with Crippen LogP contribution in [0.15, 0.2) is 0 Å². The minimum Gasteiger partial charge on any atom is -0.480 e. The van der Waals surface area contributed by atoms with Gasteiger partial charge in [-0.2, -0.15) is 0 Å². The van der Waals surface area contributed by atoms with Gasteiger partial charge in [0.1, 0.15) is 6.04 Å². The number of likely N-dealkylation sites (tertiary alicyclic amines) is 1. The smallest absolute Gasteiger partial charge is 0.326 e. The lowest BCUT2D eigenvalue weighted by Crippen LogP contribution is -2.53. The molecule has 1 aliphatic heterocycles. The summed E-state index contributed by atoms with van der Waals surface area (Å²) in [7, 11) is 0. The quantitative estimate of drug-likeness (QED) is 0.506. The standard InChI is InChI=1S/C11H19N3O5/c1-6-2-3-14(5-8(6)15)11(19)13-7(10(17)18)4-9(12)16/h6-8,15H,2-5H2,1H3,(H2,12,16)(H,13,19)(H,17,18). The molecule has 1 fully saturated rings. The molecular weight excluding hydrogens is 254 g/mol. The molecule has 0 radical (unpaired) electrons. The molecule has 3 amide bonds. The molecule has 108 valence electrons. The second-order valence-electron chi connectivity index (χ2n) is 4.79. The SMILES string of the molecule is CC1CCN(C(=O)NC(CC(N)=O)C(=O)O)CC1O. The van der Waals surface area contributed by atoms with Gasteiger partial charge in [-0.3, -0.25) is 4.79 Å². The Morgan fingerprint density at radius 3 is 2.58 bits per heavy atom. The van der Waals surface area contributed by atoms with Gasteiger partial charge in [-0.05, 0) is 12.3 Å². The number of carbonyl (C=O) groups is 3. The van der Waals surface area contributed by atoms with Crippen LogP contribution in [0.3, 0.4) is 0 Å². The number of amides is 3. The first-order valence-corrected chi connectivity index (χ1v) is 6.06. The van der Waals surface area contributed by atoms with Crippen LogP contribution in [0.1, 0.15) is 19.8 Å². The molecule has 0 aliphatic carbocycles. The van der Waals surface area contributed by atoms with Crippen LogP contribution < -0.4 is 11.1 Å². The molecule has 3 atom stereocenters. The van der Waals surface area contributed by atoms with E-state index in [1.165, 1.54) is 4.90 Å². The van der Waals surface area contributed by atoms with E-state index in [4.69, 9.17) is 10.8 Å². The molecule has 0 bridgehead atoms. The fourth-order valence-corrected chi connectivity index (χ4v) is 1.87. The van der Waals surface area contributed by atoms with Gasteiger partial charge in [0.2, 0.25) is 5.91 Å². The van der Waals surface area contributed by atoms with E-state index in [9.17, 15) is 19.5 Å². The summed E-state index contributed by atoms with van der Waals surface area (Å²) in [6, 6.07) is -1.96. The molecule has 19 heavy (non-hydrogen) atoms. The normalized spacial score (nSPS) is 24.6. The lowest BCUT2D eigenvalue weighted by Gasteiger charge is -2.34. The first-order chi connectivity index (χ1) is 8.81. The van der Waals surface area contributed by atoms with E-state index in [2.05, 4.69) is 5.32 Å². The molecule has 0 spiro atoms. The number of hydrogen-bond acceptors (Lipinski definition) is 4. The number of carboxylic acid groups (broad SMARTS) is 1. The topological polar surface area (TPSA) is 133 Å². The van der Waals surface area contributed by atoms with Crippen LogP contribution >= 0.6 is 0 Å². The van der Waals surface area contributed by atoms with Crippen LogP contribution in [0.4, 0.5) is 4.79 Å². The first kappa shape index (κ1) is 15.2. The van der Waals surface area contributed by atoms with E-state index >= 15 is 0 Å². The summed E-state index contributed by atoms with van der Waals surface area (Å²) in [5, 5.41) is 20.8. The Kier molecular flexibility index (Phi) is 5.11. The summed E-state index contributed by atoms with van der Waals surface area (Å²) in [4.78, 5) is 34.8. The molecule has 0 aromatic carbocycles. The summed E-state index contributed by atoms with van der Waals surface area (Å²) in [5.74, 6) is -2.02. The molecule has 8 heteroatoms. The Labute approximate surface area is 110 Å². The maximum atomic E-state index is 11.8. The zero-order valence-electron chi connectivity index (χ0n) is 10.7. The largest absolute Gasteiger partial charge is 0.480 e. The van der Waals surface area contributed by atoms with E-state index in [1.54, 1.807) is 0 Å². The first-order valence-electron chi connectivity index (χ1n) is 6.06. The number of nitrogens with zero attached hydrogens (tertiary/aromatic N) is 1. The van der Waals surface area contributed by atoms with Gasteiger partial charge in [-0.15, -0.1) is 0 Å². The number of β-amino-alcohol motifs (C(OH)–C–C–N with tert-alkyl or cyclic N) is 1. The zero-order chi connectivity index (χ0) is 14.6. The number of nitrogens with two attached hydrogens (primary N) is 1. The third kappa shape index (κ3) is 4.40. The molecule has 0 aromatic heterocycles. The van der Waals surface area contributed by atoms with Crippen molar-refractivity contribution in [2.45, 2.75) is 31.9 Å². The minimum atomic E-state index is -1.35. The van der Waals surface area contributed by atoms with Crippen LogP contribution in [-0.4, -0.2) is 58.3 Å². The number of rotatable bonds is 4. The molecule has 1 heterocycles. The number of aliphatic carboxylic acids is 1. The Hall–Kier alpha value is -1.83. The number of aliphatic hydroxyl groups excluding tert-OH is 1. The molecule has 8 nitrogen and oxygen atoms in total. The van der Waals surface area contributed by atoms with Gasteiger partial charge in [-0.1, -0.05) is 6.92 Å². The van der Waals surface area contributed by atoms with Gasteiger partial charge in [0.15, 0.2) is 0 Å². The second kappa shape index (κ2) is 6.37. The van der Waals surface area contributed by atoms with E-state index in [1.807, 2.05) is 6.92 Å². The van der Waals surface area contributed by atoms with Crippen molar-refractivity contribution < 1.29 is 24.6 Å². The third-order valence-electron chi connectivity index (χ3n) is 3.21. The molecule has 1 saturated heterocycles. The summed E-state index contributed by atoms with van der Waals surface area (Å²) in [6.07, 6.45) is -0.449. The van der Waals surface area contributed by atoms with Crippen molar-refractivity contribution in [1.29, 1.82) is 0 Å². The van der Waals surface area contributed by atoms with Crippen molar-refractivity contribution in [3.8, 4) is 0 Å². The number of urea groups is 1. The van der Waals surface area contributed by atoms with E-state index in [-0.39, 0.29) is 12.5 Å². The Morgan fingerprint density at radius 2 is 2.11 bits per heavy atom. The van der Waals surface area contributed by atoms with Crippen LogP contribution in [0.25, 0.3) is 0 Å². The summed E-state index contributed by atoms with van der Waals surface area (Å²) in [6.45, 7) is 2.47. The van der Waals surface area contributed by atoms with Crippen LogP contribution in [-0.2, 0) is 9.59 Å². The number of carbonyl (C=O) groups excluding carboxylic acids is 2. The maximum absolute atomic E-state index is 11.8.